The summed E-state index contributed by atoms with van der Waals surface area (Å²) in [7, 11) is 0. The second-order valence-electron chi connectivity index (χ2n) is 8.42. The van der Waals surface area contributed by atoms with E-state index in [-0.39, 0.29) is 0 Å². The fourth-order valence-corrected chi connectivity index (χ4v) is 5.94. The Morgan fingerprint density at radius 1 is 1.00 bits per heavy atom. The molecule has 0 aliphatic heterocycles. The van der Waals surface area contributed by atoms with Gasteiger partial charge in [-0.2, -0.15) is 0 Å². The van der Waals surface area contributed by atoms with Crippen LogP contribution in [0.5, 0.6) is 0 Å². The minimum Gasteiger partial charge on any atom is -0.313 e. The predicted molar refractivity (Wildman–Crippen MR) is 82.1 cm³/mol. The zero-order chi connectivity index (χ0) is 13.5. The topological polar surface area (TPSA) is 12.0 Å². The van der Waals surface area contributed by atoms with Gasteiger partial charge in [0.15, 0.2) is 0 Å². The molecule has 1 N–H and O–H groups in total. The van der Waals surface area contributed by atoms with Crippen molar-refractivity contribution in [2.75, 3.05) is 6.54 Å². The highest BCUT2D eigenvalue weighted by Crippen LogP contribution is 2.61. The molecule has 4 fully saturated rings. The third-order valence-corrected chi connectivity index (χ3v) is 6.17. The smallest absolute Gasteiger partial charge is 0.0126 e. The molecular weight excluding hydrogens is 230 g/mol. The van der Waals surface area contributed by atoms with Crippen LogP contribution in [0.4, 0.5) is 0 Å². The molecule has 0 spiro atoms. The zero-order valence-electron chi connectivity index (χ0n) is 13.3. The molecule has 1 unspecified atom stereocenters. The quantitative estimate of drug-likeness (QED) is 0.737. The maximum Gasteiger partial charge on any atom is 0.0126 e. The Hall–Kier alpha value is -0.0400. The highest BCUT2D eigenvalue weighted by Gasteiger charge is 2.53. The van der Waals surface area contributed by atoms with E-state index in [1.165, 1.54) is 19.4 Å². The molecule has 0 radical (unpaired) electrons. The van der Waals surface area contributed by atoms with Gasteiger partial charge >= 0.3 is 0 Å². The minimum atomic E-state index is 0.689. The van der Waals surface area contributed by atoms with Gasteiger partial charge in [-0.15, -0.1) is 0 Å². The Balaban J connectivity index is 1.76. The van der Waals surface area contributed by atoms with Crippen molar-refractivity contribution in [3.05, 3.63) is 0 Å². The van der Waals surface area contributed by atoms with E-state index in [0.29, 0.717) is 5.41 Å². The maximum absolute atomic E-state index is 3.96. The molecule has 1 nitrogen and oxygen atoms in total. The summed E-state index contributed by atoms with van der Waals surface area (Å²) < 4.78 is 0. The predicted octanol–water partition coefficient (Wildman–Crippen LogP) is 4.62. The fourth-order valence-electron chi connectivity index (χ4n) is 5.94. The van der Waals surface area contributed by atoms with Crippen LogP contribution in [-0.4, -0.2) is 12.6 Å². The molecule has 0 aromatic carbocycles. The summed E-state index contributed by atoms with van der Waals surface area (Å²) in [6, 6.07) is 0.806. The van der Waals surface area contributed by atoms with Crippen LogP contribution < -0.4 is 5.32 Å². The summed E-state index contributed by atoms with van der Waals surface area (Å²) in [5.41, 5.74) is 0.689. The molecule has 0 saturated heterocycles. The van der Waals surface area contributed by atoms with Crippen molar-refractivity contribution in [1.82, 2.24) is 5.32 Å². The van der Waals surface area contributed by atoms with E-state index in [4.69, 9.17) is 0 Å². The van der Waals surface area contributed by atoms with Crippen LogP contribution in [0.2, 0.25) is 0 Å². The molecule has 0 aromatic rings. The zero-order valence-corrected chi connectivity index (χ0v) is 13.3. The highest BCUT2D eigenvalue weighted by molar-refractivity contribution is 5.06. The average Bonchev–Trinajstić information content (AvgIpc) is 2.32. The Bertz CT molecular complexity index is 272. The molecule has 4 aliphatic rings. The van der Waals surface area contributed by atoms with Gasteiger partial charge in [0.1, 0.15) is 0 Å². The third-order valence-electron chi connectivity index (χ3n) is 6.17. The second kappa shape index (κ2) is 5.39. The number of nitrogens with one attached hydrogen (secondary N) is 1. The van der Waals surface area contributed by atoms with Crippen molar-refractivity contribution in [3.63, 3.8) is 0 Å². The first kappa shape index (κ1) is 13.9. The Morgan fingerprint density at radius 2 is 1.53 bits per heavy atom. The molecule has 1 atom stereocenters. The van der Waals surface area contributed by atoms with Crippen LogP contribution in [0.25, 0.3) is 0 Å². The van der Waals surface area contributed by atoms with E-state index in [1.54, 1.807) is 38.5 Å². The Morgan fingerprint density at radius 3 is 1.95 bits per heavy atom. The van der Waals surface area contributed by atoms with Crippen molar-refractivity contribution >= 4 is 0 Å². The molecule has 4 aliphatic carbocycles. The summed E-state index contributed by atoms with van der Waals surface area (Å²) in [6.07, 6.45) is 12.0. The summed E-state index contributed by atoms with van der Waals surface area (Å²) in [5, 5.41) is 3.96. The summed E-state index contributed by atoms with van der Waals surface area (Å²) >= 11 is 0. The number of hydrogen-bond acceptors (Lipinski definition) is 1. The summed E-state index contributed by atoms with van der Waals surface area (Å²) in [5.74, 6) is 4.10. The summed E-state index contributed by atoms with van der Waals surface area (Å²) in [4.78, 5) is 0. The average molecular weight is 263 g/mol. The van der Waals surface area contributed by atoms with E-state index in [0.717, 1.165) is 29.7 Å². The minimum absolute atomic E-state index is 0.689. The number of hydrogen-bond donors (Lipinski definition) is 1. The third kappa shape index (κ3) is 2.73. The van der Waals surface area contributed by atoms with Crippen molar-refractivity contribution in [2.45, 2.75) is 78.2 Å². The molecule has 19 heavy (non-hydrogen) atoms. The molecule has 4 rings (SSSR count). The van der Waals surface area contributed by atoms with Gasteiger partial charge in [0.05, 0.1) is 0 Å². The van der Waals surface area contributed by atoms with Gasteiger partial charge in [-0.1, -0.05) is 20.8 Å². The van der Waals surface area contributed by atoms with Crippen LogP contribution in [0.1, 0.15) is 72.1 Å². The van der Waals surface area contributed by atoms with Gasteiger partial charge in [-0.25, -0.2) is 0 Å². The Labute approximate surface area is 119 Å². The van der Waals surface area contributed by atoms with Crippen LogP contribution >= 0.6 is 0 Å². The van der Waals surface area contributed by atoms with Gasteiger partial charge in [-0.05, 0) is 87.0 Å². The maximum atomic E-state index is 3.96. The van der Waals surface area contributed by atoms with Crippen LogP contribution in [-0.2, 0) is 0 Å². The van der Waals surface area contributed by atoms with E-state index >= 15 is 0 Å². The lowest BCUT2D eigenvalue weighted by molar-refractivity contribution is -0.0770. The molecule has 4 saturated carbocycles. The van der Waals surface area contributed by atoms with Gasteiger partial charge < -0.3 is 5.32 Å². The molecule has 4 bridgehead atoms. The van der Waals surface area contributed by atoms with E-state index < -0.39 is 0 Å². The highest BCUT2D eigenvalue weighted by atomic mass is 14.9. The summed E-state index contributed by atoms with van der Waals surface area (Å²) in [6.45, 7) is 8.33. The Kier molecular flexibility index (Phi) is 3.95. The first-order valence-corrected chi connectivity index (χ1v) is 8.84. The molecule has 0 aromatic heterocycles. The first-order valence-electron chi connectivity index (χ1n) is 8.84. The van der Waals surface area contributed by atoms with E-state index in [9.17, 15) is 0 Å². The largest absolute Gasteiger partial charge is 0.313 e. The van der Waals surface area contributed by atoms with Gasteiger partial charge in [-0.3, -0.25) is 0 Å². The van der Waals surface area contributed by atoms with Crippen molar-refractivity contribution in [3.8, 4) is 0 Å². The second-order valence-corrected chi connectivity index (χ2v) is 8.42. The molecule has 0 heterocycles. The lowest BCUT2D eigenvalue weighted by atomic mass is 9.47. The van der Waals surface area contributed by atoms with Crippen molar-refractivity contribution in [1.29, 1.82) is 0 Å². The van der Waals surface area contributed by atoms with Crippen molar-refractivity contribution < 1.29 is 0 Å². The number of rotatable bonds is 6. The molecular formula is C18H33N. The fraction of sp³-hybridized carbons (Fsp3) is 1.00. The van der Waals surface area contributed by atoms with Gasteiger partial charge in [0.25, 0.3) is 0 Å². The van der Waals surface area contributed by atoms with Gasteiger partial charge in [0, 0.05) is 6.04 Å². The lowest BCUT2D eigenvalue weighted by Gasteiger charge is -2.60. The van der Waals surface area contributed by atoms with Crippen LogP contribution in [0.3, 0.4) is 0 Å². The molecule has 1 heteroatoms. The molecule has 0 amide bonds. The van der Waals surface area contributed by atoms with Crippen LogP contribution in [0, 0.1) is 29.1 Å². The SMILES string of the molecule is CCCNC(CC(C)C)C12CC3CC(CC(C3)C1)C2. The van der Waals surface area contributed by atoms with E-state index in [2.05, 4.69) is 26.1 Å². The van der Waals surface area contributed by atoms with Gasteiger partial charge in [0.2, 0.25) is 0 Å². The van der Waals surface area contributed by atoms with E-state index in [1.807, 2.05) is 0 Å². The monoisotopic (exact) mass is 263 g/mol. The normalized spacial score (nSPS) is 42.0. The standard InChI is InChI=1S/C18H33N/c1-4-5-19-17(6-13(2)3)18-10-14-7-15(11-18)9-16(8-14)12-18/h13-17,19H,4-12H2,1-3H3. The lowest BCUT2D eigenvalue weighted by Crippen LogP contribution is -2.56. The van der Waals surface area contributed by atoms with Crippen molar-refractivity contribution in [2.24, 2.45) is 29.1 Å². The van der Waals surface area contributed by atoms with Crippen LogP contribution in [0.15, 0.2) is 0 Å². The molecule has 110 valence electrons. The first-order chi connectivity index (χ1) is 9.11.